The topological polar surface area (TPSA) is 50.1 Å². The van der Waals surface area contributed by atoms with Gasteiger partial charge in [0.1, 0.15) is 0 Å². The van der Waals surface area contributed by atoms with Gasteiger partial charge in [0, 0.05) is 30.2 Å². The van der Waals surface area contributed by atoms with Crippen LogP contribution >= 0.6 is 11.8 Å². The Bertz CT molecular complexity index is 227. The van der Waals surface area contributed by atoms with Crippen LogP contribution in [-0.2, 0) is 0 Å². The largest absolute Gasteiger partial charge is 0.399 e. The Hall–Kier alpha value is -1.09. The zero-order valence-electron chi connectivity index (χ0n) is 6.19. The highest BCUT2D eigenvalue weighted by Gasteiger charge is 1.94. The van der Waals surface area contributed by atoms with Crippen molar-refractivity contribution < 1.29 is 0 Å². The van der Waals surface area contributed by atoms with E-state index in [9.17, 15) is 0 Å². The fourth-order valence-electron chi connectivity index (χ4n) is 0.851. The lowest BCUT2D eigenvalue weighted by molar-refractivity contribution is 1.51. The van der Waals surface area contributed by atoms with Crippen molar-refractivity contribution in [2.24, 2.45) is 0 Å². The van der Waals surface area contributed by atoms with Crippen molar-refractivity contribution in [1.82, 2.24) is 0 Å². The summed E-state index contributed by atoms with van der Waals surface area (Å²) in [6.07, 6.45) is 0. The summed E-state index contributed by atoms with van der Waals surface area (Å²) in [6.45, 7) is 0. The summed E-state index contributed by atoms with van der Waals surface area (Å²) in [4.78, 5) is 2.49. The molecule has 0 atom stereocenters. The Morgan fingerprint density at radius 2 is 1.91 bits per heavy atom. The maximum Gasteiger partial charge on any atom is 0.0532 e. The number of benzene rings is 1. The molecule has 0 aliphatic carbocycles. The van der Waals surface area contributed by atoms with E-state index < -0.39 is 0 Å². The van der Waals surface area contributed by atoms with E-state index in [2.05, 4.69) is 10.2 Å². The summed E-state index contributed by atoms with van der Waals surface area (Å²) in [7, 11) is 1.83. The Kier molecular flexibility index (Phi) is 2.44. The highest BCUT2D eigenvalue weighted by Crippen LogP contribution is 2.20. The lowest BCUT2D eigenvalue weighted by atomic mass is 10.2. The quantitative estimate of drug-likeness (QED) is 0.471. The summed E-state index contributed by atoms with van der Waals surface area (Å²) >= 11 is 5.39. The number of nitrogens with two attached hydrogens (primary N) is 1. The van der Waals surface area contributed by atoms with Gasteiger partial charge < -0.3 is 11.1 Å². The minimum absolute atomic E-state index is 0.681. The molecule has 3 nitrogen and oxygen atoms in total. The zero-order chi connectivity index (χ0) is 8.27. The van der Waals surface area contributed by atoms with E-state index in [0.717, 1.165) is 11.4 Å². The molecule has 0 aliphatic heterocycles. The van der Waals surface area contributed by atoms with E-state index in [1.165, 1.54) is 0 Å². The van der Waals surface area contributed by atoms with E-state index >= 15 is 0 Å². The van der Waals surface area contributed by atoms with Gasteiger partial charge in [-0.05, 0) is 18.2 Å². The minimum Gasteiger partial charge on any atom is -0.399 e. The second kappa shape index (κ2) is 3.34. The van der Waals surface area contributed by atoms with E-state index in [0.29, 0.717) is 5.69 Å². The minimum atomic E-state index is 0.681. The molecule has 11 heavy (non-hydrogen) atoms. The average Bonchev–Trinajstić information content (AvgIpc) is 2.03. The first-order chi connectivity index (χ1) is 5.26. The van der Waals surface area contributed by atoms with Gasteiger partial charge in [-0.15, -0.1) is 0 Å². The van der Waals surface area contributed by atoms with Crippen LogP contribution in [0.5, 0.6) is 0 Å². The number of hydrogen-bond acceptors (Lipinski definition) is 3. The van der Waals surface area contributed by atoms with Crippen LogP contribution in [0.2, 0.25) is 0 Å². The Balaban J connectivity index is 3.02. The van der Waals surface area contributed by atoms with Crippen LogP contribution < -0.4 is 15.9 Å². The second-order valence-corrected chi connectivity index (χ2v) is 2.38. The van der Waals surface area contributed by atoms with E-state index in [4.69, 9.17) is 17.5 Å². The molecule has 4 N–H and O–H groups in total. The summed E-state index contributed by atoms with van der Waals surface area (Å²) in [6, 6.07) is 5.45. The number of hydrogen-bond donors (Lipinski definition) is 3. The van der Waals surface area contributed by atoms with Crippen molar-refractivity contribution in [2.45, 2.75) is 0 Å². The molecule has 0 radical (unpaired) electrons. The van der Waals surface area contributed by atoms with Crippen LogP contribution in [0.1, 0.15) is 0 Å². The van der Waals surface area contributed by atoms with Gasteiger partial charge in [0.05, 0.1) is 5.69 Å². The van der Waals surface area contributed by atoms with Crippen LogP contribution in [0.15, 0.2) is 18.2 Å². The molecule has 0 amide bonds. The molecule has 0 saturated heterocycles. The van der Waals surface area contributed by atoms with Crippen molar-refractivity contribution in [3.63, 3.8) is 0 Å². The van der Waals surface area contributed by atoms with Crippen LogP contribution in [0.4, 0.5) is 17.1 Å². The van der Waals surface area contributed by atoms with Gasteiger partial charge in [-0.1, -0.05) is 0 Å². The highest BCUT2D eigenvalue weighted by molar-refractivity contribution is 6.24. The van der Waals surface area contributed by atoms with E-state index in [-0.39, 0.29) is 0 Å². The summed E-state index contributed by atoms with van der Waals surface area (Å²) in [5.41, 5.74) is 7.98. The third-order valence-corrected chi connectivity index (χ3v) is 1.57. The molecule has 1 aromatic rings. The molecule has 0 aliphatic rings. The van der Waals surface area contributed by atoms with Gasteiger partial charge in [-0.3, -0.25) is 4.84 Å². The van der Waals surface area contributed by atoms with Gasteiger partial charge >= 0.3 is 0 Å². The van der Waals surface area contributed by atoms with Crippen LogP contribution in [-0.4, -0.2) is 7.05 Å². The lowest BCUT2D eigenvalue weighted by Gasteiger charge is -2.04. The molecule has 1 rings (SSSR count). The number of anilines is 3. The van der Waals surface area contributed by atoms with Gasteiger partial charge in [-0.2, -0.15) is 0 Å². The highest BCUT2D eigenvalue weighted by atomic mass is 35.5. The van der Waals surface area contributed by atoms with E-state index in [1.54, 1.807) is 6.07 Å². The van der Waals surface area contributed by atoms with Gasteiger partial charge in [0.15, 0.2) is 0 Å². The summed E-state index contributed by atoms with van der Waals surface area (Å²) < 4.78 is 0. The standard InChI is InChI=1S/C7H10ClN3/c1-10-6-2-5(9)3-7(4-6)11-8/h2-4,10-11H,9H2,1H3. The molecular formula is C7H10ClN3. The molecule has 0 bridgehead atoms. The lowest BCUT2D eigenvalue weighted by Crippen LogP contribution is -1.92. The van der Waals surface area contributed by atoms with E-state index in [1.807, 2.05) is 19.2 Å². The Morgan fingerprint density at radius 1 is 1.27 bits per heavy atom. The third-order valence-electron chi connectivity index (χ3n) is 1.35. The predicted molar refractivity (Wildman–Crippen MR) is 49.9 cm³/mol. The molecule has 4 heteroatoms. The first-order valence-electron chi connectivity index (χ1n) is 3.21. The van der Waals surface area contributed by atoms with Gasteiger partial charge in [0.2, 0.25) is 0 Å². The number of rotatable bonds is 2. The number of nitrogen functional groups attached to an aromatic ring is 1. The number of nitrogens with one attached hydrogen (secondary N) is 2. The average molecular weight is 172 g/mol. The maximum atomic E-state index is 5.57. The van der Waals surface area contributed by atoms with Crippen LogP contribution in [0, 0.1) is 0 Å². The third kappa shape index (κ3) is 1.91. The molecule has 0 aromatic heterocycles. The molecule has 0 fully saturated rings. The van der Waals surface area contributed by atoms with Gasteiger partial charge in [-0.25, -0.2) is 0 Å². The smallest absolute Gasteiger partial charge is 0.0532 e. The molecule has 0 spiro atoms. The fourth-order valence-corrected chi connectivity index (χ4v) is 0.960. The SMILES string of the molecule is CNc1cc(N)cc(NCl)c1. The molecule has 1 aromatic carbocycles. The summed E-state index contributed by atoms with van der Waals surface area (Å²) in [5, 5.41) is 2.96. The first kappa shape index (κ1) is 8.01. The van der Waals surface area contributed by atoms with Crippen molar-refractivity contribution in [3.8, 4) is 0 Å². The molecular weight excluding hydrogens is 162 g/mol. The monoisotopic (exact) mass is 171 g/mol. The Labute approximate surface area is 70.7 Å². The van der Waals surface area contributed by atoms with Crippen molar-refractivity contribution in [3.05, 3.63) is 18.2 Å². The van der Waals surface area contributed by atoms with Crippen molar-refractivity contribution in [1.29, 1.82) is 0 Å². The van der Waals surface area contributed by atoms with Crippen LogP contribution in [0.3, 0.4) is 0 Å². The normalized spacial score (nSPS) is 9.27. The number of halogens is 1. The van der Waals surface area contributed by atoms with Crippen molar-refractivity contribution >= 4 is 28.8 Å². The Morgan fingerprint density at radius 3 is 2.45 bits per heavy atom. The van der Waals surface area contributed by atoms with Crippen LogP contribution in [0.25, 0.3) is 0 Å². The zero-order valence-corrected chi connectivity index (χ0v) is 6.94. The fraction of sp³-hybridized carbons (Fsp3) is 0.143. The van der Waals surface area contributed by atoms with Gasteiger partial charge in [0.25, 0.3) is 0 Å². The molecule has 0 heterocycles. The molecule has 0 unspecified atom stereocenters. The van der Waals surface area contributed by atoms with Crippen molar-refractivity contribution in [2.75, 3.05) is 22.9 Å². The maximum absolute atomic E-state index is 5.57. The molecule has 60 valence electrons. The predicted octanol–water partition coefficient (Wildman–Crippen LogP) is 1.88. The summed E-state index contributed by atoms with van der Waals surface area (Å²) in [5.74, 6) is 0. The first-order valence-corrected chi connectivity index (χ1v) is 3.59. The molecule has 0 saturated carbocycles. The second-order valence-electron chi connectivity index (χ2n) is 2.19.